The second kappa shape index (κ2) is 10.2. The van der Waals surface area contributed by atoms with E-state index < -0.39 is 11.6 Å². The SMILES string of the molecule is COCC(C)(C)c1c(-c2ccc(C(=O)N[C@@H]3CCNC3O)cc2)c2cc3[nH]ncc3cc2n1-c1ccc(F)cc1. The Morgan fingerprint density at radius 1 is 1.18 bits per heavy atom. The Balaban J connectivity index is 1.55. The van der Waals surface area contributed by atoms with Gasteiger partial charge in [-0.1, -0.05) is 26.0 Å². The third-order valence-electron chi connectivity index (χ3n) is 7.70. The van der Waals surface area contributed by atoms with Crippen molar-refractivity contribution in [2.24, 2.45) is 0 Å². The molecule has 5 aromatic rings. The van der Waals surface area contributed by atoms with Crippen molar-refractivity contribution < 1.29 is 19.0 Å². The predicted octanol–water partition coefficient (Wildman–Crippen LogP) is 4.65. The minimum atomic E-state index is -0.745. The van der Waals surface area contributed by atoms with E-state index in [0.717, 1.165) is 44.3 Å². The lowest BCUT2D eigenvalue weighted by Gasteiger charge is -2.28. The fourth-order valence-electron chi connectivity index (χ4n) is 5.82. The number of amides is 1. The number of aliphatic hydroxyl groups is 1. The molecule has 3 heterocycles. The zero-order valence-corrected chi connectivity index (χ0v) is 22.7. The highest BCUT2D eigenvalue weighted by Crippen LogP contribution is 2.44. The van der Waals surface area contributed by atoms with Crippen molar-refractivity contribution in [3.05, 3.63) is 83.9 Å². The number of hydrogen-bond donors (Lipinski definition) is 4. The summed E-state index contributed by atoms with van der Waals surface area (Å²) in [6.45, 7) is 5.37. The van der Waals surface area contributed by atoms with Crippen LogP contribution in [0.15, 0.2) is 66.9 Å². The molecule has 206 valence electrons. The maximum atomic E-state index is 14.0. The molecule has 1 unspecified atom stereocenters. The highest BCUT2D eigenvalue weighted by molar-refractivity contribution is 6.06. The van der Waals surface area contributed by atoms with Crippen molar-refractivity contribution in [2.45, 2.75) is 38.0 Å². The van der Waals surface area contributed by atoms with Crippen molar-refractivity contribution in [2.75, 3.05) is 20.3 Å². The largest absolute Gasteiger partial charge is 0.384 e. The summed E-state index contributed by atoms with van der Waals surface area (Å²) in [6.07, 6.45) is 1.72. The highest BCUT2D eigenvalue weighted by atomic mass is 19.1. The van der Waals surface area contributed by atoms with Crippen LogP contribution in [0.3, 0.4) is 0 Å². The molecule has 1 aliphatic rings. The lowest BCUT2D eigenvalue weighted by molar-refractivity contribution is 0.0848. The van der Waals surface area contributed by atoms with Gasteiger partial charge in [-0.2, -0.15) is 5.10 Å². The molecule has 0 bridgehead atoms. The van der Waals surface area contributed by atoms with E-state index in [4.69, 9.17) is 4.74 Å². The Labute approximate surface area is 231 Å². The summed E-state index contributed by atoms with van der Waals surface area (Å²) >= 11 is 0. The Morgan fingerprint density at radius 2 is 1.93 bits per heavy atom. The van der Waals surface area contributed by atoms with Gasteiger partial charge in [0.2, 0.25) is 0 Å². The lowest BCUT2D eigenvalue weighted by atomic mass is 9.84. The average Bonchev–Trinajstić information content (AvgIpc) is 3.65. The Hall–Kier alpha value is -4.05. The number of aliphatic hydroxyl groups excluding tert-OH is 1. The summed E-state index contributed by atoms with van der Waals surface area (Å²) in [4.78, 5) is 12.9. The van der Waals surface area contributed by atoms with Gasteiger partial charge in [-0.05, 0) is 67.1 Å². The molecule has 0 saturated carbocycles. The van der Waals surface area contributed by atoms with Gasteiger partial charge in [-0.15, -0.1) is 0 Å². The van der Waals surface area contributed by atoms with E-state index in [1.807, 2.05) is 24.3 Å². The van der Waals surface area contributed by atoms with Crippen LogP contribution < -0.4 is 10.6 Å². The summed E-state index contributed by atoms with van der Waals surface area (Å²) in [5.74, 6) is -0.530. The van der Waals surface area contributed by atoms with E-state index in [1.165, 1.54) is 12.1 Å². The molecular weight excluding hydrogens is 509 g/mol. The van der Waals surface area contributed by atoms with E-state index >= 15 is 0 Å². The van der Waals surface area contributed by atoms with Gasteiger partial charge in [-0.3, -0.25) is 15.2 Å². The molecule has 1 amide bonds. The number of carbonyl (C=O) groups is 1. The first kappa shape index (κ1) is 26.2. The zero-order valence-electron chi connectivity index (χ0n) is 22.7. The van der Waals surface area contributed by atoms with E-state index in [0.29, 0.717) is 25.1 Å². The maximum absolute atomic E-state index is 14.0. The van der Waals surface area contributed by atoms with Crippen LogP contribution in [0, 0.1) is 5.82 Å². The number of H-pyrrole nitrogens is 1. The fourth-order valence-corrected chi connectivity index (χ4v) is 5.82. The van der Waals surface area contributed by atoms with Crippen LogP contribution in [-0.4, -0.2) is 58.3 Å². The second-order valence-electron chi connectivity index (χ2n) is 11.0. The minimum Gasteiger partial charge on any atom is -0.384 e. The second-order valence-corrected chi connectivity index (χ2v) is 11.0. The topological polar surface area (TPSA) is 104 Å². The molecule has 1 aliphatic heterocycles. The molecule has 2 atom stereocenters. The van der Waals surface area contributed by atoms with Crippen molar-refractivity contribution >= 4 is 27.7 Å². The number of ether oxygens (including phenoxy) is 1. The van der Waals surface area contributed by atoms with Gasteiger partial charge in [0.15, 0.2) is 0 Å². The number of halogens is 1. The summed E-state index contributed by atoms with van der Waals surface area (Å²) in [7, 11) is 1.69. The van der Waals surface area contributed by atoms with E-state index in [9.17, 15) is 14.3 Å². The van der Waals surface area contributed by atoms with Gasteiger partial charge in [-0.25, -0.2) is 4.39 Å². The van der Waals surface area contributed by atoms with Gasteiger partial charge >= 0.3 is 0 Å². The monoisotopic (exact) mass is 541 g/mol. The quantitative estimate of drug-likeness (QED) is 0.240. The van der Waals surface area contributed by atoms with E-state index in [1.54, 1.807) is 25.4 Å². The molecule has 0 radical (unpaired) electrons. The summed E-state index contributed by atoms with van der Waals surface area (Å²) < 4.78 is 21.8. The number of benzene rings is 3. The summed E-state index contributed by atoms with van der Waals surface area (Å²) in [5, 5.41) is 25.2. The highest BCUT2D eigenvalue weighted by Gasteiger charge is 2.32. The molecule has 3 aromatic carbocycles. The molecule has 6 rings (SSSR count). The minimum absolute atomic E-state index is 0.229. The molecule has 40 heavy (non-hydrogen) atoms. The molecule has 1 saturated heterocycles. The zero-order chi connectivity index (χ0) is 28.0. The van der Waals surface area contributed by atoms with Crippen LogP contribution in [0.5, 0.6) is 0 Å². The van der Waals surface area contributed by atoms with Gasteiger partial charge in [0.05, 0.1) is 29.9 Å². The smallest absolute Gasteiger partial charge is 0.251 e. The number of methoxy groups -OCH3 is 1. The Morgan fingerprint density at radius 3 is 2.60 bits per heavy atom. The fraction of sp³-hybridized carbons (Fsp3) is 0.290. The van der Waals surface area contributed by atoms with E-state index in [-0.39, 0.29) is 17.8 Å². The van der Waals surface area contributed by atoms with Crippen LogP contribution >= 0.6 is 0 Å². The number of aromatic amines is 1. The normalized spacial score (nSPS) is 17.6. The summed E-state index contributed by atoms with van der Waals surface area (Å²) in [5.41, 5.74) is 5.71. The van der Waals surface area contributed by atoms with Crippen LogP contribution in [0.25, 0.3) is 38.6 Å². The first-order chi connectivity index (χ1) is 19.3. The van der Waals surface area contributed by atoms with Crippen LogP contribution in [0.2, 0.25) is 0 Å². The molecule has 4 N–H and O–H groups in total. The molecule has 0 aliphatic carbocycles. The molecule has 2 aromatic heterocycles. The average molecular weight is 542 g/mol. The number of carbonyl (C=O) groups excluding carboxylic acids is 1. The van der Waals surface area contributed by atoms with E-state index in [2.05, 4.69) is 51.4 Å². The van der Waals surface area contributed by atoms with Gasteiger partial charge in [0, 0.05) is 45.8 Å². The van der Waals surface area contributed by atoms with Gasteiger partial charge in [0.25, 0.3) is 5.91 Å². The standard InChI is InChI=1S/C31H32FN5O3/c1-31(2,17-40-3)28-27(18-4-6-19(7-5-18)29(38)35-24-12-13-33-30(24)39)23-15-25-20(16-34-36-25)14-26(23)37(28)22-10-8-21(32)9-11-22/h4-11,14-16,24,30,33,39H,12-13,17H2,1-3H3,(H,34,36)(H,35,38)/t24-,30?/m1/s1. The maximum Gasteiger partial charge on any atom is 0.251 e. The van der Waals surface area contributed by atoms with Crippen LogP contribution in [0.4, 0.5) is 4.39 Å². The number of aromatic nitrogens is 3. The Bertz CT molecular complexity index is 1690. The third-order valence-corrected chi connectivity index (χ3v) is 7.70. The molecule has 1 fully saturated rings. The number of nitrogens with zero attached hydrogens (tertiary/aromatic N) is 2. The van der Waals surface area contributed by atoms with Crippen molar-refractivity contribution in [1.82, 2.24) is 25.4 Å². The summed E-state index contributed by atoms with van der Waals surface area (Å²) in [6, 6.07) is 17.9. The van der Waals surface area contributed by atoms with Crippen molar-refractivity contribution in [3.8, 4) is 16.8 Å². The predicted molar refractivity (Wildman–Crippen MR) is 153 cm³/mol. The molecule has 0 spiro atoms. The first-order valence-electron chi connectivity index (χ1n) is 13.4. The number of fused-ring (bicyclic) bond motifs is 2. The number of rotatable bonds is 7. The number of hydrogen-bond acceptors (Lipinski definition) is 5. The van der Waals surface area contributed by atoms with Crippen LogP contribution in [-0.2, 0) is 10.2 Å². The number of nitrogens with one attached hydrogen (secondary N) is 3. The van der Waals surface area contributed by atoms with Crippen LogP contribution in [0.1, 0.15) is 36.3 Å². The van der Waals surface area contributed by atoms with Crippen molar-refractivity contribution in [3.63, 3.8) is 0 Å². The molecule has 9 heteroatoms. The Kier molecular flexibility index (Phi) is 6.66. The third kappa shape index (κ3) is 4.56. The first-order valence-corrected chi connectivity index (χ1v) is 13.4. The molecule has 8 nitrogen and oxygen atoms in total. The molecular formula is C31H32FN5O3. The van der Waals surface area contributed by atoms with Gasteiger partial charge in [0.1, 0.15) is 12.0 Å². The van der Waals surface area contributed by atoms with Crippen molar-refractivity contribution in [1.29, 1.82) is 0 Å². The van der Waals surface area contributed by atoms with Gasteiger partial charge < -0.3 is 19.7 Å². The lowest BCUT2D eigenvalue weighted by Crippen LogP contribution is -2.43.